The van der Waals surface area contributed by atoms with Crippen LogP contribution in [0.2, 0.25) is 0 Å². The highest BCUT2D eigenvalue weighted by molar-refractivity contribution is 7.92. The quantitative estimate of drug-likeness (QED) is 0.767. The standard InChI is InChI=1S/C16H12N2O4S/c19-16(20)11-5-7-13(8-6-11)18-23(21,22)14-9-12-3-1-2-4-15(12)17-10-14/h1-10,18H,(H,19,20). The Bertz CT molecular complexity index is 982. The molecule has 0 fully saturated rings. The number of rotatable bonds is 4. The zero-order valence-electron chi connectivity index (χ0n) is 11.8. The molecule has 0 radical (unpaired) electrons. The Morgan fingerprint density at radius 2 is 1.74 bits per heavy atom. The number of anilines is 1. The third-order valence-electron chi connectivity index (χ3n) is 3.26. The molecule has 6 nitrogen and oxygen atoms in total. The van der Waals surface area contributed by atoms with Crippen LogP contribution in [-0.4, -0.2) is 24.5 Å². The first kappa shape index (κ1) is 15.0. The van der Waals surface area contributed by atoms with Gasteiger partial charge in [0, 0.05) is 17.3 Å². The summed E-state index contributed by atoms with van der Waals surface area (Å²) in [6, 6.07) is 14.2. The van der Waals surface area contributed by atoms with Crippen LogP contribution in [-0.2, 0) is 10.0 Å². The van der Waals surface area contributed by atoms with Crippen molar-refractivity contribution >= 4 is 32.6 Å². The lowest BCUT2D eigenvalue weighted by atomic mass is 10.2. The number of fused-ring (bicyclic) bond motifs is 1. The molecule has 0 saturated heterocycles. The Morgan fingerprint density at radius 1 is 1.04 bits per heavy atom. The Labute approximate surface area is 132 Å². The molecule has 0 aliphatic heterocycles. The maximum atomic E-state index is 12.4. The van der Waals surface area contributed by atoms with Crippen molar-refractivity contribution in [3.8, 4) is 0 Å². The zero-order valence-corrected chi connectivity index (χ0v) is 12.6. The second-order valence-electron chi connectivity index (χ2n) is 4.85. The van der Waals surface area contributed by atoms with E-state index in [0.29, 0.717) is 5.52 Å². The first-order valence-corrected chi connectivity index (χ1v) is 8.15. The molecule has 0 bridgehead atoms. The summed E-state index contributed by atoms with van der Waals surface area (Å²) in [7, 11) is -3.80. The lowest BCUT2D eigenvalue weighted by molar-refractivity contribution is 0.0697. The molecule has 3 aromatic rings. The molecule has 3 rings (SSSR count). The van der Waals surface area contributed by atoms with Crippen molar-refractivity contribution in [2.45, 2.75) is 4.90 Å². The van der Waals surface area contributed by atoms with Crippen LogP contribution < -0.4 is 4.72 Å². The molecule has 0 saturated carbocycles. The fraction of sp³-hybridized carbons (Fsp3) is 0. The minimum atomic E-state index is -3.80. The van der Waals surface area contributed by atoms with Crippen molar-refractivity contribution in [1.82, 2.24) is 4.98 Å². The van der Waals surface area contributed by atoms with Crippen LogP contribution in [0.15, 0.2) is 65.7 Å². The number of aromatic carboxylic acids is 1. The predicted molar refractivity (Wildman–Crippen MR) is 86.0 cm³/mol. The summed E-state index contributed by atoms with van der Waals surface area (Å²) in [5.74, 6) is -1.07. The van der Waals surface area contributed by atoms with E-state index in [0.717, 1.165) is 5.39 Å². The van der Waals surface area contributed by atoms with Gasteiger partial charge in [-0.3, -0.25) is 9.71 Å². The van der Waals surface area contributed by atoms with Gasteiger partial charge in [0.1, 0.15) is 4.90 Å². The minimum Gasteiger partial charge on any atom is -0.478 e. The molecule has 23 heavy (non-hydrogen) atoms. The average molecular weight is 328 g/mol. The highest BCUT2D eigenvalue weighted by atomic mass is 32.2. The summed E-state index contributed by atoms with van der Waals surface area (Å²) >= 11 is 0. The Kier molecular flexibility index (Phi) is 3.71. The third-order valence-corrected chi connectivity index (χ3v) is 4.61. The van der Waals surface area contributed by atoms with Gasteiger partial charge in [-0.25, -0.2) is 13.2 Å². The Balaban J connectivity index is 1.92. The normalized spacial score (nSPS) is 11.3. The van der Waals surface area contributed by atoms with Crippen LogP contribution in [0, 0.1) is 0 Å². The molecule has 116 valence electrons. The van der Waals surface area contributed by atoms with Gasteiger partial charge in [0.2, 0.25) is 0 Å². The van der Waals surface area contributed by atoms with Crippen molar-refractivity contribution in [2.24, 2.45) is 0 Å². The van der Waals surface area contributed by atoms with E-state index < -0.39 is 16.0 Å². The van der Waals surface area contributed by atoms with Crippen LogP contribution in [0.5, 0.6) is 0 Å². The molecule has 0 atom stereocenters. The van der Waals surface area contributed by atoms with Gasteiger partial charge in [-0.15, -0.1) is 0 Å². The number of aromatic nitrogens is 1. The first-order chi connectivity index (χ1) is 11.0. The third kappa shape index (κ3) is 3.14. The molecular formula is C16H12N2O4S. The number of pyridine rings is 1. The van der Waals surface area contributed by atoms with Gasteiger partial charge in [-0.1, -0.05) is 18.2 Å². The van der Waals surface area contributed by atoms with Gasteiger partial charge >= 0.3 is 5.97 Å². The fourth-order valence-electron chi connectivity index (χ4n) is 2.09. The van der Waals surface area contributed by atoms with E-state index in [-0.39, 0.29) is 16.1 Å². The van der Waals surface area contributed by atoms with Crippen molar-refractivity contribution in [1.29, 1.82) is 0 Å². The van der Waals surface area contributed by atoms with E-state index in [1.165, 1.54) is 36.5 Å². The average Bonchev–Trinajstić information content (AvgIpc) is 2.54. The zero-order chi connectivity index (χ0) is 16.4. The summed E-state index contributed by atoms with van der Waals surface area (Å²) in [6.07, 6.45) is 1.29. The summed E-state index contributed by atoms with van der Waals surface area (Å²) < 4.78 is 27.2. The maximum absolute atomic E-state index is 12.4. The number of carboxylic acid groups (broad SMARTS) is 1. The molecular weight excluding hydrogens is 316 g/mol. The van der Waals surface area contributed by atoms with Gasteiger partial charge in [0.05, 0.1) is 11.1 Å². The molecule has 2 N–H and O–H groups in total. The van der Waals surface area contributed by atoms with E-state index in [1.807, 2.05) is 6.07 Å². The number of nitrogens with zero attached hydrogens (tertiary/aromatic N) is 1. The van der Waals surface area contributed by atoms with Gasteiger partial charge in [-0.2, -0.15) is 0 Å². The number of nitrogens with one attached hydrogen (secondary N) is 1. The number of para-hydroxylation sites is 1. The number of benzene rings is 2. The van der Waals surface area contributed by atoms with Gasteiger partial charge in [-0.05, 0) is 36.4 Å². The molecule has 7 heteroatoms. The van der Waals surface area contributed by atoms with Crippen LogP contribution in [0.4, 0.5) is 5.69 Å². The highest BCUT2D eigenvalue weighted by Gasteiger charge is 2.15. The molecule has 0 amide bonds. The summed E-state index contributed by atoms with van der Waals surface area (Å²) in [4.78, 5) is 15.0. The maximum Gasteiger partial charge on any atom is 0.335 e. The monoisotopic (exact) mass is 328 g/mol. The minimum absolute atomic E-state index is 0.0403. The highest BCUT2D eigenvalue weighted by Crippen LogP contribution is 2.19. The number of hydrogen-bond donors (Lipinski definition) is 2. The number of hydrogen-bond acceptors (Lipinski definition) is 4. The van der Waals surface area contributed by atoms with Crippen LogP contribution in [0.1, 0.15) is 10.4 Å². The van der Waals surface area contributed by atoms with Crippen LogP contribution in [0.25, 0.3) is 10.9 Å². The molecule has 0 aliphatic carbocycles. The molecule has 1 heterocycles. The number of carboxylic acids is 1. The predicted octanol–water partition coefficient (Wildman–Crippen LogP) is 2.73. The largest absolute Gasteiger partial charge is 0.478 e. The number of carbonyl (C=O) groups is 1. The smallest absolute Gasteiger partial charge is 0.335 e. The van der Waals surface area contributed by atoms with Crippen LogP contribution in [0.3, 0.4) is 0 Å². The molecule has 1 aromatic heterocycles. The summed E-state index contributed by atoms with van der Waals surface area (Å²) in [5, 5.41) is 9.56. The lowest BCUT2D eigenvalue weighted by Crippen LogP contribution is -2.13. The topological polar surface area (TPSA) is 96.4 Å². The SMILES string of the molecule is O=C(O)c1ccc(NS(=O)(=O)c2cnc3ccccc3c2)cc1. The second kappa shape index (κ2) is 5.69. The van der Waals surface area contributed by atoms with Gasteiger partial charge in [0.25, 0.3) is 10.0 Å². The van der Waals surface area contributed by atoms with Crippen molar-refractivity contribution < 1.29 is 18.3 Å². The van der Waals surface area contributed by atoms with E-state index in [4.69, 9.17) is 5.11 Å². The van der Waals surface area contributed by atoms with Gasteiger partial charge < -0.3 is 5.11 Å². The lowest BCUT2D eigenvalue weighted by Gasteiger charge is -2.08. The van der Waals surface area contributed by atoms with Gasteiger partial charge in [0.15, 0.2) is 0 Å². The van der Waals surface area contributed by atoms with Crippen molar-refractivity contribution in [3.05, 3.63) is 66.4 Å². The Morgan fingerprint density at radius 3 is 2.43 bits per heavy atom. The molecule has 0 unspecified atom stereocenters. The summed E-state index contributed by atoms with van der Waals surface area (Å²) in [6.45, 7) is 0. The van der Waals surface area contributed by atoms with E-state index >= 15 is 0 Å². The fourth-order valence-corrected chi connectivity index (χ4v) is 3.13. The Hall–Kier alpha value is -2.93. The first-order valence-electron chi connectivity index (χ1n) is 6.67. The summed E-state index contributed by atoms with van der Waals surface area (Å²) in [5.41, 5.74) is 1.07. The van der Waals surface area contributed by atoms with Crippen LogP contribution >= 0.6 is 0 Å². The van der Waals surface area contributed by atoms with E-state index in [9.17, 15) is 13.2 Å². The van der Waals surface area contributed by atoms with E-state index in [1.54, 1.807) is 18.2 Å². The molecule has 2 aromatic carbocycles. The second-order valence-corrected chi connectivity index (χ2v) is 6.53. The molecule has 0 aliphatic rings. The van der Waals surface area contributed by atoms with Crippen molar-refractivity contribution in [2.75, 3.05) is 4.72 Å². The molecule has 0 spiro atoms. The number of sulfonamides is 1. The van der Waals surface area contributed by atoms with E-state index in [2.05, 4.69) is 9.71 Å². The van der Waals surface area contributed by atoms with Crippen molar-refractivity contribution in [3.63, 3.8) is 0 Å².